The minimum Gasteiger partial charge on any atom is -0.444 e. The number of likely N-dealkylation sites (tertiary alicyclic amines) is 1. The molecule has 1 saturated heterocycles. The molecule has 6 heteroatoms. The van der Waals surface area contributed by atoms with Crippen molar-refractivity contribution in [3.8, 4) is 0 Å². The van der Waals surface area contributed by atoms with Crippen LogP contribution < -0.4 is 5.32 Å². The number of aromatic nitrogens is 2. The molecule has 1 aliphatic rings. The number of hydrogen-bond donors (Lipinski definition) is 1. The SMILES string of the molecule is CC(C)(C)OC(=O)N1CC(NCc2cnn(C(C)(C)C)c2)C1. The van der Waals surface area contributed by atoms with Gasteiger partial charge in [-0.25, -0.2) is 4.79 Å². The second-order valence-electron chi connectivity index (χ2n) is 7.93. The molecule has 2 rings (SSSR count). The fourth-order valence-corrected chi connectivity index (χ4v) is 2.16. The van der Waals surface area contributed by atoms with E-state index in [0.29, 0.717) is 19.1 Å². The van der Waals surface area contributed by atoms with Crippen LogP contribution in [0.2, 0.25) is 0 Å². The van der Waals surface area contributed by atoms with Gasteiger partial charge < -0.3 is 15.0 Å². The van der Waals surface area contributed by atoms with Gasteiger partial charge in [-0.15, -0.1) is 0 Å². The number of ether oxygens (including phenoxy) is 1. The first kappa shape index (κ1) is 16.8. The third-order valence-electron chi connectivity index (χ3n) is 3.45. The second kappa shape index (κ2) is 5.91. The highest BCUT2D eigenvalue weighted by Gasteiger charge is 2.33. The minimum absolute atomic E-state index is 0.00221. The van der Waals surface area contributed by atoms with Crippen molar-refractivity contribution in [2.45, 2.75) is 65.3 Å². The van der Waals surface area contributed by atoms with Crippen LogP contribution in [0.25, 0.3) is 0 Å². The molecule has 0 saturated carbocycles. The lowest BCUT2D eigenvalue weighted by Crippen LogP contribution is -2.60. The number of nitrogens with zero attached hydrogens (tertiary/aromatic N) is 3. The van der Waals surface area contributed by atoms with E-state index in [1.807, 2.05) is 31.6 Å². The highest BCUT2D eigenvalue weighted by Crippen LogP contribution is 2.16. The predicted octanol–water partition coefficient (Wildman–Crippen LogP) is 2.35. The van der Waals surface area contributed by atoms with Crippen LogP contribution in [0.1, 0.15) is 47.1 Å². The summed E-state index contributed by atoms with van der Waals surface area (Å²) in [5.41, 5.74) is 0.727. The summed E-state index contributed by atoms with van der Waals surface area (Å²) >= 11 is 0. The zero-order chi connectivity index (χ0) is 16.5. The lowest BCUT2D eigenvalue weighted by Gasteiger charge is -2.40. The summed E-state index contributed by atoms with van der Waals surface area (Å²) in [4.78, 5) is 13.6. The Kier molecular flexibility index (Phi) is 4.52. The zero-order valence-electron chi connectivity index (χ0n) is 14.5. The number of carbonyl (C=O) groups excluding carboxylic acids is 1. The van der Waals surface area contributed by atoms with Gasteiger partial charge in [-0.1, -0.05) is 0 Å². The summed E-state index contributed by atoms with van der Waals surface area (Å²) in [7, 11) is 0. The summed E-state index contributed by atoms with van der Waals surface area (Å²) in [6.45, 7) is 14.2. The molecule has 0 radical (unpaired) electrons. The molecule has 22 heavy (non-hydrogen) atoms. The van der Waals surface area contributed by atoms with E-state index >= 15 is 0 Å². The van der Waals surface area contributed by atoms with Crippen molar-refractivity contribution in [2.75, 3.05) is 13.1 Å². The molecule has 2 heterocycles. The van der Waals surface area contributed by atoms with E-state index in [2.05, 4.69) is 37.4 Å². The van der Waals surface area contributed by atoms with Gasteiger partial charge in [0.1, 0.15) is 5.60 Å². The molecule has 6 nitrogen and oxygen atoms in total. The van der Waals surface area contributed by atoms with Gasteiger partial charge in [-0.3, -0.25) is 4.68 Å². The van der Waals surface area contributed by atoms with E-state index in [0.717, 1.165) is 12.1 Å². The number of carbonyl (C=O) groups is 1. The molecule has 0 spiro atoms. The maximum Gasteiger partial charge on any atom is 0.410 e. The van der Waals surface area contributed by atoms with E-state index in [1.54, 1.807) is 4.90 Å². The molecule has 1 amide bonds. The molecular formula is C16H28N4O2. The maximum atomic E-state index is 11.8. The van der Waals surface area contributed by atoms with Gasteiger partial charge in [0.15, 0.2) is 0 Å². The van der Waals surface area contributed by atoms with Crippen molar-refractivity contribution < 1.29 is 9.53 Å². The monoisotopic (exact) mass is 308 g/mol. The Morgan fingerprint density at radius 2 is 1.95 bits per heavy atom. The number of nitrogens with one attached hydrogen (secondary N) is 1. The van der Waals surface area contributed by atoms with Gasteiger partial charge in [0, 0.05) is 37.4 Å². The third-order valence-corrected chi connectivity index (χ3v) is 3.45. The van der Waals surface area contributed by atoms with Crippen molar-refractivity contribution in [1.82, 2.24) is 20.0 Å². The van der Waals surface area contributed by atoms with Gasteiger partial charge in [0.2, 0.25) is 0 Å². The van der Waals surface area contributed by atoms with Crippen LogP contribution in [0.3, 0.4) is 0 Å². The molecule has 1 N–H and O–H groups in total. The molecule has 1 fully saturated rings. The Morgan fingerprint density at radius 3 is 2.45 bits per heavy atom. The summed E-state index contributed by atoms with van der Waals surface area (Å²) in [6, 6.07) is 0.325. The molecule has 0 unspecified atom stereocenters. The predicted molar refractivity (Wildman–Crippen MR) is 85.7 cm³/mol. The van der Waals surface area contributed by atoms with Crippen LogP contribution in [0.15, 0.2) is 12.4 Å². The lowest BCUT2D eigenvalue weighted by atomic mass is 10.1. The van der Waals surface area contributed by atoms with Crippen molar-refractivity contribution in [2.24, 2.45) is 0 Å². The van der Waals surface area contributed by atoms with E-state index < -0.39 is 5.60 Å². The van der Waals surface area contributed by atoms with Crippen molar-refractivity contribution in [3.05, 3.63) is 18.0 Å². The first-order valence-corrected chi connectivity index (χ1v) is 7.80. The van der Waals surface area contributed by atoms with E-state index in [4.69, 9.17) is 4.74 Å². The topological polar surface area (TPSA) is 59.4 Å². The Balaban J connectivity index is 1.72. The van der Waals surface area contributed by atoms with Crippen molar-refractivity contribution in [3.63, 3.8) is 0 Å². The highest BCUT2D eigenvalue weighted by atomic mass is 16.6. The van der Waals surface area contributed by atoms with Crippen LogP contribution in [0.5, 0.6) is 0 Å². The molecular weight excluding hydrogens is 280 g/mol. The first-order chi connectivity index (χ1) is 10.0. The largest absolute Gasteiger partial charge is 0.444 e. The van der Waals surface area contributed by atoms with Crippen LogP contribution in [-0.4, -0.2) is 45.5 Å². The summed E-state index contributed by atoms with van der Waals surface area (Å²) < 4.78 is 7.31. The molecule has 0 bridgehead atoms. The Bertz CT molecular complexity index is 519. The Labute approximate surface area is 132 Å². The van der Waals surface area contributed by atoms with Crippen LogP contribution in [-0.2, 0) is 16.8 Å². The highest BCUT2D eigenvalue weighted by molar-refractivity contribution is 5.69. The van der Waals surface area contributed by atoms with E-state index in [-0.39, 0.29) is 11.6 Å². The van der Waals surface area contributed by atoms with E-state index in [9.17, 15) is 4.79 Å². The molecule has 0 aromatic carbocycles. The fraction of sp³-hybridized carbons (Fsp3) is 0.750. The van der Waals surface area contributed by atoms with Crippen molar-refractivity contribution in [1.29, 1.82) is 0 Å². The summed E-state index contributed by atoms with van der Waals surface area (Å²) in [5.74, 6) is 0. The molecule has 0 atom stereocenters. The maximum absolute atomic E-state index is 11.8. The summed E-state index contributed by atoms with van der Waals surface area (Å²) in [6.07, 6.45) is 3.73. The van der Waals surface area contributed by atoms with Gasteiger partial charge in [-0.05, 0) is 41.5 Å². The summed E-state index contributed by atoms with van der Waals surface area (Å²) in [5, 5.41) is 7.83. The third kappa shape index (κ3) is 4.47. The van der Waals surface area contributed by atoms with Gasteiger partial charge in [-0.2, -0.15) is 5.10 Å². The van der Waals surface area contributed by atoms with Crippen molar-refractivity contribution >= 4 is 6.09 Å². The standard InChI is InChI=1S/C16H28N4O2/c1-15(2,3)20-9-12(8-18-20)7-17-13-10-19(11-13)14(21)22-16(4,5)6/h8-9,13,17H,7,10-11H2,1-6H3. The lowest BCUT2D eigenvalue weighted by molar-refractivity contribution is 0.00518. The fourth-order valence-electron chi connectivity index (χ4n) is 2.16. The molecule has 1 aromatic heterocycles. The van der Waals surface area contributed by atoms with E-state index in [1.165, 1.54) is 0 Å². The molecule has 0 aliphatic carbocycles. The number of rotatable bonds is 3. The molecule has 1 aromatic rings. The zero-order valence-corrected chi connectivity index (χ0v) is 14.5. The van der Waals surface area contributed by atoms with Crippen LogP contribution >= 0.6 is 0 Å². The number of amides is 1. The normalized spacial score (nSPS) is 16.5. The Morgan fingerprint density at radius 1 is 1.32 bits per heavy atom. The average molecular weight is 308 g/mol. The first-order valence-electron chi connectivity index (χ1n) is 7.80. The molecule has 1 aliphatic heterocycles. The average Bonchev–Trinajstić information content (AvgIpc) is 2.72. The minimum atomic E-state index is -0.433. The van der Waals surface area contributed by atoms with Gasteiger partial charge in [0.05, 0.1) is 11.7 Å². The second-order valence-corrected chi connectivity index (χ2v) is 7.93. The van der Waals surface area contributed by atoms with Crippen LogP contribution in [0, 0.1) is 0 Å². The van der Waals surface area contributed by atoms with Crippen LogP contribution in [0.4, 0.5) is 4.79 Å². The number of hydrogen-bond acceptors (Lipinski definition) is 4. The van der Waals surface area contributed by atoms with Gasteiger partial charge >= 0.3 is 6.09 Å². The van der Waals surface area contributed by atoms with Gasteiger partial charge in [0.25, 0.3) is 0 Å². The molecule has 124 valence electrons. The quantitative estimate of drug-likeness (QED) is 0.931. The smallest absolute Gasteiger partial charge is 0.410 e. The Hall–Kier alpha value is -1.56.